The minimum atomic E-state index is 0.00702. The molecule has 1 aromatic carbocycles. The molecule has 0 amide bonds. The van der Waals surface area contributed by atoms with Crippen molar-refractivity contribution in [3.63, 3.8) is 0 Å². The lowest BCUT2D eigenvalue weighted by Crippen LogP contribution is -2.54. The molecule has 3 aliphatic rings. The molecular weight excluding hydrogens is 334 g/mol. The fourth-order valence-corrected chi connectivity index (χ4v) is 5.27. The molecule has 0 N–H and O–H groups in total. The van der Waals surface area contributed by atoms with Gasteiger partial charge in [0, 0.05) is 30.3 Å². The maximum atomic E-state index is 13.1. The van der Waals surface area contributed by atoms with Crippen molar-refractivity contribution < 1.29 is 9.53 Å². The van der Waals surface area contributed by atoms with Crippen molar-refractivity contribution in [1.29, 1.82) is 0 Å². The fraction of sp³-hybridized carbons (Fsp3) is 0.708. The largest absolute Gasteiger partial charge is 0.497 e. The summed E-state index contributed by atoms with van der Waals surface area (Å²) in [4.78, 5) is 15.9. The van der Waals surface area contributed by atoms with Crippen molar-refractivity contribution in [2.45, 2.75) is 70.8 Å². The fourth-order valence-electron chi connectivity index (χ4n) is 5.27. The predicted molar refractivity (Wildman–Crippen MR) is 109 cm³/mol. The van der Waals surface area contributed by atoms with E-state index in [1.54, 1.807) is 7.11 Å². The monoisotopic (exact) mass is 369 g/mol. The van der Waals surface area contributed by atoms with E-state index in [1.807, 2.05) is 0 Å². The highest BCUT2D eigenvalue weighted by Crippen LogP contribution is 2.49. The maximum absolute atomic E-state index is 13.1. The van der Waals surface area contributed by atoms with Gasteiger partial charge in [0.1, 0.15) is 11.5 Å². The molecule has 0 radical (unpaired) electrons. The number of methoxy groups -OCH3 is 1. The number of hydrogen-bond acceptors (Lipinski definition) is 3. The van der Waals surface area contributed by atoms with Crippen molar-refractivity contribution in [3.8, 4) is 5.75 Å². The Morgan fingerprint density at radius 2 is 2.07 bits per heavy atom. The van der Waals surface area contributed by atoms with Gasteiger partial charge in [-0.2, -0.15) is 0 Å². The molecule has 2 unspecified atom stereocenters. The first-order valence-corrected chi connectivity index (χ1v) is 10.9. The minimum absolute atomic E-state index is 0.00702. The standard InChI is InChI=1S/C24H35NO2/c1-16(2)17(3)23(26)14-24-9-10-25(15-18-5-6-18)20(13-24)11-19-7-8-21(27-4)12-22(19)24/h7-8,12,16-18,20H,5-6,9-11,13-15H2,1-4H3/t17?,20?,24-/m1/s1. The molecule has 3 nitrogen and oxygen atoms in total. The Hall–Kier alpha value is -1.35. The lowest BCUT2D eigenvalue weighted by molar-refractivity contribution is -0.125. The second-order valence-electron chi connectivity index (χ2n) is 9.73. The molecule has 1 saturated heterocycles. The number of likely N-dealkylation sites (tertiary alicyclic amines) is 1. The number of Topliss-reactive ketones (excluding diaryl/α,β-unsaturated/α-hetero) is 1. The van der Waals surface area contributed by atoms with Crippen molar-refractivity contribution in [2.24, 2.45) is 17.8 Å². The summed E-state index contributed by atoms with van der Waals surface area (Å²) in [6, 6.07) is 7.18. The number of ketones is 1. The third-order valence-electron chi connectivity index (χ3n) is 7.57. The van der Waals surface area contributed by atoms with Gasteiger partial charge in [0.2, 0.25) is 0 Å². The molecule has 0 aromatic heterocycles. The Labute approximate surface area is 164 Å². The molecular formula is C24H35NO2. The van der Waals surface area contributed by atoms with Crippen molar-refractivity contribution in [3.05, 3.63) is 29.3 Å². The van der Waals surface area contributed by atoms with Gasteiger partial charge in [0.05, 0.1) is 7.11 Å². The predicted octanol–water partition coefficient (Wildman–Crippen LogP) is 4.61. The van der Waals surface area contributed by atoms with E-state index in [1.165, 1.54) is 30.5 Å². The Morgan fingerprint density at radius 3 is 2.74 bits per heavy atom. The summed E-state index contributed by atoms with van der Waals surface area (Å²) >= 11 is 0. The number of ether oxygens (including phenoxy) is 1. The first kappa shape index (κ1) is 19.0. The number of carbonyl (C=O) groups excluding carboxylic acids is 1. The average Bonchev–Trinajstić information content (AvgIpc) is 3.47. The quantitative estimate of drug-likeness (QED) is 0.703. The van der Waals surface area contributed by atoms with Gasteiger partial charge >= 0.3 is 0 Å². The first-order chi connectivity index (χ1) is 12.9. The van der Waals surface area contributed by atoms with Crippen LogP contribution in [0.3, 0.4) is 0 Å². The molecule has 3 atom stereocenters. The SMILES string of the molecule is COc1ccc2c(c1)[C@]1(CC(=O)C(C)C(C)C)CCN(CC3CC3)C(C2)C1. The van der Waals surface area contributed by atoms with Crippen LogP contribution in [0.5, 0.6) is 5.75 Å². The zero-order valence-electron chi connectivity index (χ0n) is 17.5. The van der Waals surface area contributed by atoms with Gasteiger partial charge in [0.15, 0.2) is 0 Å². The Bertz CT molecular complexity index is 708. The molecule has 0 spiro atoms. The molecule has 3 heteroatoms. The average molecular weight is 370 g/mol. The van der Waals surface area contributed by atoms with E-state index in [0.717, 1.165) is 37.5 Å². The van der Waals surface area contributed by atoms with Gasteiger partial charge in [-0.15, -0.1) is 0 Å². The summed E-state index contributed by atoms with van der Waals surface area (Å²) in [7, 11) is 1.74. The lowest BCUT2D eigenvalue weighted by Gasteiger charge is -2.51. The number of carbonyl (C=O) groups is 1. The first-order valence-electron chi connectivity index (χ1n) is 10.9. The number of piperidine rings is 1. The molecule has 27 heavy (non-hydrogen) atoms. The van der Waals surface area contributed by atoms with Crippen molar-refractivity contribution in [2.75, 3.05) is 20.2 Å². The summed E-state index contributed by atoms with van der Waals surface area (Å²) in [5.41, 5.74) is 2.85. The third-order valence-corrected chi connectivity index (χ3v) is 7.57. The van der Waals surface area contributed by atoms with E-state index in [0.29, 0.717) is 24.2 Å². The molecule has 1 aliphatic heterocycles. The lowest BCUT2D eigenvalue weighted by atomic mass is 9.61. The number of hydrogen-bond donors (Lipinski definition) is 0. The van der Waals surface area contributed by atoms with Crippen LogP contribution < -0.4 is 4.74 Å². The Morgan fingerprint density at radius 1 is 1.30 bits per heavy atom. The molecule has 2 fully saturated rings. The Balaban J connectivity index is 1.66. The minimum Gasteiger partial charge on any atom is -0.497 e. The normalized spacial score (nSPS) is 28.7. The molecule has 2 aliphatic carbocycles. The van der Waals surface area contributed by atoms with Crippen LogP contribution in [0.25, 0.3) is 0 Å². The van der Waals surface area contributed by atoms with Crippen molar-refractivity contribution in [1.82, 2.24) is 4.90 Å². The van der Waals surface area contributed by atoms with Crippen LogP contribution >= 0.6 is 0 Å². The highest BCUT2D eigenvalue weighted by Gasteiger charge is 2.48. The number of fused-ring (bicyclic) bond motifs is 4. The summed E-state index contributed by atoms with van der Waals surface area (Å²) in [6.07, 6.45) is 6.88. The van der Waals surface area contributed by atoms with Gasteiger partial charge in [-0.25, -0.2) is 0 Å². The summed E-state index contributed by atoms with van der Waals surface area (Å²) in [5, 5.41) is 0. The van der Waals surface area contributed by atoms with E-state index < -0.39 is 0 Å². The van der Waals surface area contributed by atoms with E-state index >= 15 is 0 Å². The topological polar surface area (TPSA) is 29.5 Å². The highest BCUT2D eigenvalue weighted by atomic mass is 16.5. The van der Waals surface area contributed by atoms with E-state index in [2.05, 4.69) is 43.9 Å². The summed E-state index contributed by atoms with van der Waals surface area (Å²) in [6.45, 7) is 8.85. The van der Waals surface area contributed by atoms with Gasteiger partial charge in [0.25, 0.3) is 0 Å². The van der Waals surface area contributed by atoms with Crippen LogP contribution in [0.1, 0.15) is 64.0 Å². The van der Waals surface area contributed by atoms with Gasteiger partial charge < -0.3 is 4.74 Å². The van der Waals surface area contributed by atoms with E-state index in [-0.39, 0.29) is 11.3 Å². The number of nitrogens with zero attached hydrogens (tertiary/aromatic N) is 1. The highest BCUT2D eigenvalue weighted by molar-refractivity contribution is 5.82. The van der Waals surface area contributed by atoms with Crippen LogP contribution in [0.2, 0.25) is 0 Å². The maximum Gasteiger partial charge on any atom is 0.136 e. The van der Waals surface area contributed by atoms with Crippen LogP contribution in [-0.4, -0.2) is 36.9 Å². The van der Waals surface area contributed by atoms with E-state index in [9.17, 15) is 4.79 Å². The number of benzene rings is 1. The van der Waals surface area contributed by atoms with Gasteiger partial charge in [-0.05, 0) is 73.7 Å². The van der Waals surface area contributed by atoms with Crippen LogP contribution in [0.4, 0.5) is 0 Å². The van der Waals surface area contributed by atoms with Crippen molar-refractivity contribution >= 4 is 5.78 Å². The molecule has 1 saturated carbocycles. The van der Waals surface area contributed by atoms with Gasteiger partial charge in [-0.1, -0.05) is 26.8 Å². The molecule has 1 aromatic rings. The third kappa shape index (κ3) is 3.68. The second-order valence-corrected chi connectivity index (χ2v) is 9.73. The summed E-state index contributed by atoms with van der Waals surface area (Å²) in [5.74, 6) is 2.84. The van der Waals surface area contributed by atoms with E-state index in [4.69, 9.17) is 4.74 Å². The van der Waals surface area contributed by atoms with Crippen LogP contribution in [0, 0.1) is 17.8 Å². The second kappa shape index (κ2) is 7.24. The molecule has 148 valence electrons. The smallest absolute Gasteiger partial charge is 0.136 e. The molecule has 4 rings (SSSR count). The Kier molecular flexibility index (Phi) is 5.09. The van der Waals surface area contributed by atoms with Crippen LogP contribution in [-0.2, 0) is 16.6 Å². The van der Waals surface area contributed by atoms with Gasteiger partial charge in [-0.3, -0.25) is 9.69 Å². The molecule has 1 heterocycles. The molecule has 2 bridgehead atoms. The van der Waals surface area contributed by atoms with Crippen LogP contribution in [0.15, 0.2) is 18.2 Å². The summed E-state index contributed by atoms with van der Waals surface area (Å²) < 4.78 is 5.54. The number of rotatable bonds is 7. The zero-order chi connectivity index (χ0) is 19.2. The zero-order valence-corrected chi connectivity index (χ0v) is 17.5.